The molecule has 3 nitrogen and oxygen atoms in total. The van der Waals surface area contributed by atoms with Crippen LogP contribution in [0.2, 0.25) is 0 Å². The van der Waals surface area contributed by atoms with Crippen molar-refractivity contribution in [2.45, 2.75) is 12.8 Å². The highest BCUT2D eigenvalue weighted by Crippen LogP contribution is 2.26. The summed E-state index contributed by atoms with van der Waals surface area (Å²) in [6, 6.07) is 11.8. The normalized spacial score (nSPS) is 13.2. The lowest BCUT2D eigenvalue weighted by atomic mass is 10.0. The standard InChI is InChI=1S/C16H14BrIN2O/c17-14-5-3-11(18)9-13(14)16(21)20-12-4-6-15-10(8-12)2-1-7-19-15/h3-6,8-9,19H,1-2,7H2,(H,20,21). The van der Waals surface area contributed by atoms with Gasteiger partial charge < -0.3 is 10.6 Å². The predicted molar refractivity (Wildman–Crippen MR) is 98.1 cm³/mol. The van der Waals surface area contributed by atoms with Gasteiger partial charge in [0.15, 0.2) is 0 Å². The number of aryl methyl sites for hydroxylation is 1. The van der Waals surface area contributed by atoms with Gasteiger partial charge in [-0.15, -0.1) is 0 Å². The summed E-state index contributed by atoms with van der Waals surface area (Å²) in [5.74, 6) is -0.0934. The second-order valence-corrected chi connectivity index (χ2v) is 7.08. The molecule has 5 heteroatoms. The van der Waals surface area contributed by atoms with Crippen LogP contribution < -0.4 is 10.6 Å². The van der Waals surface area contributed by atoms with E-state index in [1.54, 1.807) is 0 Å². The third-order valence-corrected chi connectivity index (χ3v) is 4.84. The summed E-state index contributed by atoms with van der Waals surface area (Å²) in [5, 5.41) is 6.35. The van der Waals surface area contributed by atoms with Crippen molar-refractivity contribution >= 4 is 55.8 Å². The lowest BCUT2D eigenvalue weighted by Crippen LogP contribution is -2.15. The Balaban J connectivity index is 1.83. The number of hydrogen-bond donors (Lipinski definition) is 2. The SMILES string of the molecule is O=C(Nc1ccc2c(c1)CCCN2)c1cc(I)ccc1Br. The molecule has 1 aliphatic heterocycles. The number of nitrogens with one attached hydrogen (secondary N) is 2. The van der Waals surface area contributed by atoms with Crippen LogP contribution in [0.1, 0.15) is 22.3 Å². The fraction of sp³-hybridized carbons (Fsp3) is 0.188. The minimum atomic E-state index is -0.0934. The van der Waals surface area contributed by atoms with Crippen LogP contribution in [0, 0.1) is 3.57 Å². The van der Waals surface area contributed by atoms with Gasteiger partial charge in [0.25, 0.3) is 5.91 Å². The van der Waals surface area contributed by atoms with Crippen LogP contribution in [0.15, 0.2) is 40.9 Å². The van der Waals surface area contributed by atoms with Gasteiger partial charge in [0.05, 0.1) is 5.56 Å². The van der Waals surface area contributed by atoms with Crippen LogP contribution in [0.4, 0.5) is 11.4 Å². The zero-order valence-electron chi connectivity index (χ0n) is 11.2. The molecule has 21 heavy (non-hydrogen) atoms. The van der Waals surface area contributed by atoms with Gasteiger partial charge in [-0.05, 0) is 93.3 Å². The van der Waals surface area contributed by atoms with Gasteiger partial charge >= 0.3 is 0 Å². The van der Waals surface area contributed by atoms with Crippen molar-refractivity contribution in [1.29, 1.82) is 0 Å². The van der Waals surface area contributed by atoms with E-state index in [9.17, 15) is 4.79 Å². The Labute approximate surface area is 145 Å². The smallest absolute Gasteiger partial charge is 0.256 e. The van der Waals surface area contributed by atoms with Crippen LogP contribution in [-0.4, -0.2) is 12.5 Å². The highest BCUT2D eigenvalue weighted by atomic mass is 127. The van der Waals surface area contributed by atoms with Crippen molar-refractivity contribution in [3.63, 3.8) is 0 Å². The molecule has 2 aromatic carbocycles. The first-order valence-corrected chi connectivity index (χ1v) is 8.64. The Morgan fingerprint density at radius 3 is 2.95 bits per heavy atom. The minimum Gasteiger partial charge on any atom is -0.385 e. The number of benzene rings is 2. The molecule has 0 bridgehead atoms. The zero-order valence-corrected chi connectivity index (χ0v) is 15.0. The number of anilines is 2. The van der Waals surface area contributed by atoms with Gasteiger partial charge in [-0.2, -0.15) is 0 Å². The molecule has 0 atom stereocenters. The number of rotatable bonds is 2. The highest BCUT2D eigenvalue weighted by Gasteiger charge is 2.13. The van der Waals surface area contributed by atoms with E-state index >= 15 is 0 Å². The van der Waals surface area contributed by atoms with Gasteiger partial charge in [-0.25, -0.2) is 0 Å². The molecule has 2 N–H and O–H groups in total. The monoisotopic (exact) mass is 456 g/mol. The van der Waals surface area contributed by atoms with Crippen LogP contribution in [0.25, 0.3) is 0 Å². The summed E-state index contributed by atoms with van der Waals surface area (Å²) in [5.41, 5.74) is 3.93. The largest absolute Gasteiger partial charge is 0.385 e. The maximum Gasteiger partial charge on any atom is 0.256 e. The van der Waals surface area contributed by atoms with E-state index in [-0.39, 0.29) is 5.91 Å². The topological polar surface area (TPSA) is 41.1 Å². The second kappa shape index (κ2) is 6.36. The molecule has 0 spiro atoms. The molecule has 0 radical (unpaired) electrons. The molecule has 0 aromatic heterocycles. The number of fused-ring (bicyclic) bond motifs is 1. The number of halogens is 2. The first kappa shape index (κ1) is 14.8. The first-order valence-electron chi connectivity index (χ1n) is 6.77. The lowest BCUT2D eigenvalue weighted by molar-refractivity contribution is 0.102. The van der Waals surface area contributed by atoms with Crippen molar-refractivity contribution in [2.24, 2.45) is 0 Å². The predicted octanol–water partition coefficient (Wildman–Crippen LogP) is 4.66. The maximum atomic E-state index is 12.4. The molecule has 2 aromatic rings. The van der Waals surface area contributed by atoms with Crippen LogP contribution in [0.5, 0.6) is 0 Å². The highest BCUT2D eigenvalue weighted by molar-refractivity contribution is 14.1. The fourth-order valence-electron chi connectivity index (χ4n) is 2.42. The molecular weight excluding hydrogens is 443 g/mol. The molecule has 0 fully saturated rings. The number of hydrogen-bond acceptors (Lipinski definition) is 2. The Bertz CT molecular complexity index is 703. The van der Waals surface area contributed by atoms with Gasteiger partial charge in [0.2, 0.25) is 0 Å². The van der Waals surface area contributed by atoms with E-state index in [0.29, 0.717) is 5.56 Å². The fourth-order valence-corrected chi connectivity index (χ4v) is 3.34. The molecule has 3 rings (SSSR count). The van der Waals surface area contributed by atoms with E-state index in [1.165, 1.54) is 11.3 Å². The molecule has 108 valence electrons. The van der Waals surface area contributed by atoms with Crippen molar-refractivity contribution in [3.8, 4) is 0 Å². The molecule has 1 amide bonds. The van der Waals surface area contributed by atoms with Gasteiger partial charge in [0.1, 0.15) is 0 Å². The van der Waals surface area contributed by atoms with Gasteiger partial charge in [0, 0.05) is 26.0 Å². The van der Waals surface area contributed by atoms with Crippen LogP contribution in [0.3, 0.4) is 0 Å². The van der Waals surface area contributed by atoms with E-state index in [1.807, 2.05) is 30.3 Å². The Morgan fingerprint density at radius 1 is 1.24 bits per heavy atom. The molecule has 0 aliphatic carbocycles. The average Bonchev–Trinajstić information content (AvgIpc) is 2.49. The molecular formula is C16H14BrIN2O. The summed E-state index contributed by atoms with van der Waals surface area (Å²) in [6.45, 7) is 1.02. The van der Waals surface area contributed by atoms with E-state index in [4.69, 9.17) is 0 Å². The Morgan fingerprint density at radius 2 is 2.10 bits per heavy atom. The van der Waals surface area contributed by atoms with Gasteiger partial charge in [-0.1, -0.05) is 0 Å². The minimum absolute atomic E-state index is 0.0934. The lowest BCUT2D eigenvalue weighted by Gasteiger charge is -2.19. The Hall–Kier alpha value is -1.08. The molecule has 0 unspecified atom stereocenters. The van der Waals surface area contributed by atoms with Crippen molar-refractivity contribution < 1.29 is 4.79 Å². The molecule has 1 heterocycles. The van der Waals surface area contributed by atoms with E-state index in [2.05, 4.69) is 55.2 Å². The van der Waals surface area contributed by atoms with E-state index in [0.717, 1.165) is 33.1 Å². The first-order chi connectivity index (χ1) is 10.1. The third-order valence-electron chi connectivity index (χ3n) is 3.47. The van der Waals surface area contributed by atoms with Crippen molar-refractivity contribution in [2.75, 3.05) is 17.2 Å². The third kappa shape index (κ3) is 3.40. The number of amides is 1. The molecule has 0 saturated heterocycles. The summed E-state index contributed by atoms with van der Waals surface area (Å²) >= 11 is 5.64. The van der Waals surface area contributed by atoms with Gasteiger partial charge in [-0.3, -0.25) is 4.79 Å². The van der Waals surface area contributed by atoms with Crippen LogP contribution >= 0.6 is 38.5 Å². The summed E-state index contributed by atoms with van der Waals surface area (Å²) in [6.07, 6.45) is 2.19. The summed E-state index contributed by atoms with van der Waals surface area (Å²) in [7, 11) is 0. The number of carbonyl (C=O) groups is 1. The van der Waals surface area contributed by atoms with Crippen LogP contribution in [-0.2, 0) is 6.42 Å². The Kier molecular flexibility index (Phi) is 4.49. The average molecular weight is 457 g/mol. The molecule has 0 saturated carbocycles. The quantitative estimate of drug-likeness (QED) is 0.645. The molecule has 1 aliphatic rings. The summed E-state index contributed by atoms with van der Waals surface area (Å²) in [4.78, 5) is 12.4. The van der Waals surface area contributed by atoms with E-state index < -0.39 is 0 Å². The maximum absolute atomic E-state index is 12.4. The van der Waals surface area contributed by atoms with Crippen molar-refractivity contribution in [1.82, 2.24) is 0 Å². The zero-order chi connectivity index (χ0) is 14.8. The number of carbonyl (C=O) groups excluding carboxylic acids is 1. The second-order valence-electron chi connectivity index (χ2n) is 4.98. The summed E-state index contributed by atoms with van der Waals surface area (Å²) < 4.78 is 1.84. The van der Waals surface area contributed by atoms with Crippen molar-refractivity contribution in [3.05, 3.63) is 55.6 Å².